The van der Waals surface area contributed by atoms with Crippen molar-refractivity contribution in [1.29, 1.82) is 0 Å². The Morgan fingerprint density at radius 3 is 2.42 bits per heavy atom. The number of nitrogens with one attached hydrogen (secondary N) is 3. The number of imidazole rings is 1. The van der Waals surface area contributed by atoms with E-state index in [1.54, 1.807) is 19.1 Å². The predicted molar refractivity (Wildman–Crippen MR) is 92.5 cm³/mol. The van der Waals surface area contributed by atoms with Gasteiger partial charge in [-0.1, -0.05) is 11.6 Å². The summed E-state index contributed by atoms with van der Waals surface area (Å²) in [5, 5.41) is 0.197. The number of halogens is 1. The van der Waals surface area contributed by atoms with E-state index >= 15 is 0 Å². The van der Waals surface area contributed by atoms with Gasteiger partial charge in [-0.15, -0.1) is 0 Å². The van der Waals surface area contributed by atoms with E-state index in [1.807, 2.05) is 0 Å². The van der Waals surface area contributed by atoms with Gasteiger partial charge < -0.3 is 14.7 Å². The molecule has 0 spiro atoms. The van der Waals surface area contributed by atoms with Crippen LogP contribution in [0.1, 0.15) is 5.56 Å². The van der Waals surface area contributed by atoms with Crippen LogP contribution in [0.25, 0.3) is 11.0 Å². The first-order chi connectivity index (χ1) is 11.3. The number of ether oxygens (including phenoxy) is 1. The van der Waals surface area contributed by atoms with E-state index in [9.17, 15) is 13.2 Å². The standard InChI is InChI=1S/C15H14ClN3O4S/c1-8-5-12-13(18-15(20)17-12)7-11(8)19-24(21,22)9-3-4-14(23-2)10(16)6-9/h3-7,19H,1-2H3,(H2,17,18,20). The number of fused-ring (bicyclic) bond motifs is 1. The lowest BCUT2D eigenvalue weighted by Gasteiger charge is -2.12. The number of anilines is 1. The number of rotatable bonds is 4. The quantitative estimate of drug-likeness (QED) is 0.659. The van der Waals surface area contributed by atoms with Gasteiger partial charge in [-0.3, -0.25) is 4.72 Å². The molecule has 24 heavy (non-hydrogen) atoms. The zero-order chi connectivity index (χ0) is 17.5. The third-order valence-electron chi connectivity index (χ3n) is 3.54. The van der Waals surface area contributed by atoms with Crippen molar-refractivity contribution >= 4 is 38.3 Å². The minimum atomic E-state index is -3.84. The van der Waals surface area contributed by atoms with Gasteiger partial charge in [-0.25, -0.2) is 13.2 Å². The molecule has 2 aromatic carbocycles. The number of sulfonamides is 1. The molecule has 0 atom stereocenters. The number of aromatic nitrogens is 2. The van der Waals surface area contributed by atoms with E-state index in [1.165, 1.54) is 25.3 Å². The molecule has 0 unspecified atom stereocenters. The van der Waals surface area contributed by atoms with Crippen molar-refractivity contribution in [3.63, 3.8) is 0 Å². The summed E-state index contributed by atoms with van der Waals surface area (Å²) in [4.78, 5) is 16.6. The third kappa shape index (κ3) is 2.98. The van der Waals surface area contributed by atoms with Crippen molar-refractivity contribution in [2.24, 2.45) is 0 Å². The van der Waals surface area contributed by atoms with Gasteiger partial charge in [0, 0.05) is 0 Å². The minimum Gasteiger partial charge on any atom is -0.495 e. The molecule has 1 aromatic heterocycles. The number of H-pyrrole nitrogens is 2. The van der Waals surface area contributed by atoms with Crippen molar-refractivity contribution in [3.05, 3.63) is 51.4 Å². The van der Waals surface area contributed by atoms with Crippen molar-refractivity contribution in [2.45, 2.75) is 11.8 Å². The molecule has 0 amide bonds. The Balaban J connectivity index is 2.01. The van der Waals surface area contributed by atoms with Crippen LogP contribution in [0.5, 0.6) is 5.75 Å². The van der Waals surface area contributed by atoms with Crippen molar-refractivity contribution < 1.29 is 13.2 Å². The highest BCUT2D eigenvalue weighted by Gasteiger charge is 2.18. The van der Waals surface area contributed by atoms with Gasteiger partial charge in [0.15, 0.2) is 0 Å². The molecule has 0 fully saturated rings. The summed E-state index contributed by atoms with van der Waals surface area (Å²) in [6.07, 6.45) is 0. The lowest BCUT2D eigenvalue weighted by Crippen LogP contribution is -2.13. The van der Waals surface area contributed by atoms with Crippen LogP contribution in [0, 0.1) is 6.92 Å². The number of benzene rings is 2. The smallest absolute Gasteiger partial charge is 0.323 e. The molecule has 3 aromatic rings. The fraction of sp³-hybridized carbons (Fsp3) is 0.133. The van der Waals surface area contributed by atoms with Crippen LogP contribution in [-0.4, -0.2) is 25.5 Å². The molecule has 0 saturated heterocycles. The molecule has 0 aliphatic carbocycles. The Morgan fingerprint density at radius 1 is 1.12 bits per heavy atom. The summed E-state index contributed by atoms with van der Waals surface area (Å²) in [5.74, 6) is 0.387. The summed E-state index contributed by atoms with van der Waals surface area (Å²) >= 11 is 5.99. The van der Waals surface area contributed by atoms with Crippen molar-refractivity contribution in [1.82, 2.24) is 9.97 Å². The van der Waals surface area contributed by atoms with Gasteiger partial charge in [0.2, 0.25) is 0 Å². The highest BCUT2D eigenvalue weighted by Crippen LogP contribution is 2.29. The highest BCUT2D eigenvalue weighted by atomic mass is 35.5. The maximum absolute atomic E-state index is 12.6. The number of aryl methyl sites for hydroxylation is 1. The SMILES string of the molecule is COc1ccc(S(=O)(=O)Nc2cc3[nH]c(=O)[nH]c3cc2C)cc1Cl. The normalized spacial score (nSPS) is 11.6. The van der Waals surface area contributed by atoms with E-state index in [-0.39, 0.29) is 15.6 Å². The van der Waals surface area contributed by atoms with Crippen LogP contribution in [0.2, 0.25) is 5.02 Å². The van der Waals surface area contributed by atoms with Crippen molar-refractivity contribution in [2.75, 3.05) is 11.8 Å². The maximum Gasteiger partial charge on any atom is 0.323 e. The molecule has 0 saturated carbocycles. The molecular weight excluding hydrogens is 354 g/mol. The number of hydrogen-bond acceptors (Lipinski definition) is 4. The maximum atomic E-state index is 12.6. The molecule has 0 bridgehead atoms. The fourth-order valence-electron chi connectivity index (χ4n) is 2.32. The topological polar surface area (TPSA) is 104 Å². The van der Waals surface area contributed by atoms with Gasteiger partial charge in [-0.2, -0.15) is 0 Å². The summed E-state index contributed by atoms with van der Waals surface area (Å²) in [5.41, 5.74) is 1.79. The second kappa shape index (κ2) is 5.88. The molecule has 0 radical (unpaired) electrons. The third-order valence-corrected chi connectivity index (χ3v) is 5.20. The molecule has 7 nitrogen and oxygen atoms in total. The van der Waals surface area contributed by atoms with E-state index in [2.05, 4.69) is 14.7 Å². The van der Waals surface area contributed by atoms with E-state index < -0.39 is 10.0 Å². The Kier molecular flexibility index (Phi) is 4.02. The second-order valence-corrected chi connectivity index (χ2v) is 7.28. The average molecular weight is 368 g/mol. The van der Waals surface area contributed by atoms with Crippen LogP contribution in [0.15, 0.2) is 40.0 Å². The fourth-order valence-corrected chi connectivity index (χ4v) is 3.79. The first-order valence-corrected chi connectivity index (χ1v) is 8.75. The Hall–Kier alpha value is -2.45. The Morgan fingerprint density at radius 2 is 1.79 bits per heavy atom. The van der Waals surface area contributed by atoms with Crippen molar-refractivity contribution in [3.8, 4) is 5.75 Å². The largest absolute Gasteiger partial charge is 0.495 e. The number of hydrogen-bond donors (Lipinski definition) is 3. The van der Waals surface area contributed by atoms with Gasteiger partial charge >= 0.3 is 5.69 Å². The average Bonchev–Trinajstić information content (AvgIpc) is 2.86. The van der Waals surface area contributed by atoms with E-state index in [0.29, 0.717) is 28.0 Å². The lowest BCUT2D eigenvalue weighted by atomic mass is 10.2. The summed E-state index contributed by atoms with van der Waals surface area (Å²) in [6.45, 7) is 1.74. The Labute approximate surface area is 142 Å². The monoisotopic (exact) mass is 367 g/mol. The van der Waals surface area contributed by atoms with Gasteiger partial charge in [0.25, 0.3) is 10.0 Å². The molecule has 126 valence electrons. The molecule has 3 N–H and O–H groups in total. The molecule has 0 aliphatic heterocycles. The van der Waals surface area contributed by atoms with Crippen LogP contribution in [-0.2, 0) is 10.0 Å². The summed E-state index contributed by atoms with van der Waals surface area (Å²) < 4.78 is 32.6. The zero-order valence-corrected chi connectivity index (χ0v) is 14.4. The molecule has 1 heterocycles. The first-order valence-electron chi connectivity index (χ1n) is 6.89. The van der Waals surface area contributed by atoms with Gasteiger partial charge in [0.1, 0.15) is 5.75 Å². The molecule has 0 aliphatic rings. The summed E-state index contributed by atoms with van der Waals surface area (Å²) in [7, 11) is -2.39. The first kappa shape index (κ1) is 16.4. The zero-order valence-electron chi connectivity index (χ0n) is 12.8. The van der Waals surface area contributed by atoms with E-state index in [4.69, 9.17) is 16.3 Å². The van der Waals surface area contributed by atoms with E-state index in [0.717, 1.165) is 0 Å². The molecule has 9 heteroatoms. The Bertz CT molecular complexity index is 1090. The van der Waals surface area contributed by atoms with Crippen LogP contribution in [0.3, 0.4) is 0 Å². The van der Waals surface area contributed by atoms with Crippen LogP contribution < -0.4 is 15.1 Å². The summed E-state index contributed by atoms with van der Waals surface area (Å²) in [6, 6.07) is 7.45. The predicted octanol–water partition coefficient (Wildman–Crippen LogP) is 2.63. The number of methoxy groups -OCH3 is 1. The minimum absolute atomic E-state index is 0.00959. The van der Waals surface area contributed by atoms with Gasteiger partial charge in [0.05, 0.1) is 33.7 Å². The van der Waals surface area contributed by atoms with Gasteiger partial charge in [-0.05, 0) is 42.8 Å². The lowest BCUT2D eigenvalue weighted by molar-refractivity contribution is 0.414. The van der Waals surface area contributed by atoms with Crippen LogP contribution >= 0.6 is 11.6 Å². The highest BCUT2D eigenvalue weighted by molar-refractivity contribution is 7.92. The molecular formula is C15H14ClN3O4S. The van der Waals surface area contributed by atoms with Crippen LogP contribution in [0.4, 0.5) is 5.69 Å². The second-order valence-electron chi connectivity index (χ2n) is 5.19. The number of aromatic amines is 2. The molecule has 3 rings (SSSR count).